The molecule has 1 fully saturated rings. The van der Waals surface area contributed by atoms with Crippen LogP contribution < -0.4 is 0 Å². The third-order valence-corrected chi connectivity index (χ3v) is 3.67. The lowest BCUT2D eigenvalue weighted by atomic mass is 10.0. The Hall–Kier alpha value is -1.64. The minimum atomic E-state index is 0.276. The summed E-state index contributed by atoms with van der Waals surface area (Å²) in [5, 5.41) is 5.56. The second kappa shape index (κ2) is 4.32. The lowest BCUT2D eigenvalue weighted by Gasteiger charge is -2.08. The lowest BCUT2D eigenvalue weighted by molar-refractivity contribution is -0.120. The van der Waals surface area contributed by atoms with E-state index in [4.69, 9.17) is 0 Å². The number of ketones is 1. The quantitative estimate of drug-likeness (QED) is 0.809. The molecule has 1 aliphatic rings. The molecular formula is C14H16N2O. The van der Waals surface area contributed by atoms with Crippen molar-refractivity contribution in [3.05, 3.63) is 30.5 Å². The maximum absolute atomic E-state index is 11.6. The number of carbonyl (C=O) groups excluding carboxylic acids is 1. The van der Waals surface area contributed by atoms with Crippen LogP contribution >= 0.6 is 0 Å². The molecule has 17 heavy (non-hydrogen) atoms. The van der Waals surface area contributed by atoms with Crippen molar-refractivity contribution in [3.63, 3.8) is 0 Å². The van der Waals surface area contributed by atoms with E-state index >= 15 is 0 Å². The molecule has 1 aromatic heterocycles. The van der Waals surface area contributed by atoms with E-state index in [0.717, 1.165) is 37.7 Å². The van der Waals surface area contributed by atoms with Crippen LogP contribution in [-0.4, -0.2) is 15.6 Å². The van der Waals surface area contributed by atoms with Crippen molar-refractivity contribution < 1.29 is 4.79 Å². The molecule has 88 valence electrons. The summed E-state index contributed by atoms with van der Waals surface area (Å²) < 4.78 is 2.01. The topological polar surface area (TPSA) is 34.9 Å². The largest absolute Gasteiger partial charge is 0.299 e. The van der Waals surface area contributed by atoms with E-state index in [2.05, 4.69) is 17.2 Å². The number of aryl methyl sites for hydroxylation is 1. The molecule has 1 unspecified atom stereocenters. The maximum Gasteiger partial charge on any atom is 0.136 e. The van der Waals surface area contributed by atoms with Crippen LogP contribution in [0.4, 0.5) is 0 Å². The first-order valence-electron chi connectivity index (χ1n) is 6.28. The first kappa shape index (κ1) is 10.5. The number of hydrogen-bond donors (Lipinski definition) is 0. The van der Waals surface area contributed by atoms with Crippen LogP contribution in [0.3, 0.4) is 0 Å². The third kappa shape index (κ3) is 1.97. The number of para-hydroxylation sites is 1. The minimum Gasteiger partial charge on any atom is -0.299 e. The molecule has 0 spiro atoms. The van der Waals surface area contributed by atoms with Crippen LogP contribution in [0.15, 0.2) is 30.5 Å². The van der Waals surface area contributed by atoms with Crippen molar-refractivity contribution in [3.8, 4) is 0 Å². The van der Waals surface area contributed by atoms with E-state index in [0.29, 0.717) is 5.78 Å². The third-order valence-electron chi connectivity index (χ3n) is 3.67. The maximum atomic E-state index is 11.6. The number of carbonyl (C=O) groups is 1. The van der Waals surface area contributed by atoms with E-state index < -0.39 is 0 Å². The fourth-order valence-electron chi connectivity index (χ4n) is 2.68. The molecule has 1 heterocycles. The molecule has 3 nitrogen and oxygen atoms in total. The Balaban J connectivity index is 1.74. The van der Waals surface area contributed by atoms with Gasteiger partial charge in [0.05, 0.1) is 11.7 Å². The average Bonchev–Trinajstić information content (AvgIpc) is 2.93. The highest BCUT2D eigenvalue weighted by Crippen LogP contribution is 2.25. The number of aromatic nitrogens is 2. The smallest absolute Gasteiger partial charge is 0.136 e. The SMILES string of the molecule is O=C1CCCC1CCn1ncc2ccccc21. The molecule has 1 atom stereocenters. The van der Waals surface area contributed by atoms with Crippen molar-refractivity contribution in [2.45, 2.75) is 32.2 Å². The van der Waals surface area contributed by atoms with Gasteiger partial charge < -0.3 is 0 Å². The first-order chi connectivity index (χ1) is 8.34. The summed E-state index contributed by atoms with van der Waals surface area (Å²) in [6.45, 7) is 0.851. The van der Waals surface area contributed by atoms with Crippen LogP contribution in [-0.2, 0) is 11.3 Å². The highest BCUT2D eigenvalue weighted by molar-refractivity contribution is 5.82. The Morgan fingerprint density at radius 1 is 1.35 bits per heavy atom. The molecule has 3 rings (SSSR count). The second-order valence-corrected chi connectivity index (χ2v) is 4.77. The number of rotatable bonds is 3. The van der Waals surface area contributed by atoms with Gasteiger partial charge in [0.2, 0.25) is 0 Å². The fraction of sp³-hybridized carbons (Fsp3) is 0.429. The van der Waals surface area contributed by atoms with Gasteiger partial charge in [-0.25, -0.2) is 0 Å². The van der Waals surface area contributed by atoms with Gasteiger partial charge >= 0.3 is 0 Å². The lowest BCUT2D eigenvalue weighted by Crippen LogP contribution is -2.11. The van der Waals surface area contributed by atoms with Crippen molar-refractivity contribution in [2.75, 3.05) is 0 Å². The molecule has 1 aliphatic carbocycles. The summed E-state index contributed by atoms with van der Waals surface area (Å²) in [6.07, 6.45) is 5.75. The molecule has 0 bridgehead atoms. The standard InChI is InChI=1S/C14H16N2O/c17-14-7-3-5-11(14)8-9-16-13-6-2-1-4-12(13)10-15-16/h1-2,4,6,10-11H,3,5,7-9H2. The molecule has 0 aliphatic heterocycles. The van der Waals surface area contributed by atoms with E-state index in [1.807, 2.05) is 23.0 Å². The Morgan fingerprint density at radius 2 is 2.24 bits per heavy atom. The van der Waals surface area contributed by atoms with E-state index in [-0.39, 0.29) is 5.92 Å². The van der Waals surface area contributed by atoms with Crippen molar-refractivity contribution >= 4 is 16.7 Å². The van der Waals surface area contributed by atoms with Crippen molar-refractivity contribution in [2.24, 2.45) is 5.92 Å². The normalized spacial score (nSPS) is 20.2. The number of hydrogen-bond acceptors (Lipinski definition) is 2. The Morgan fingerprint density at radius 3 is 3.06 bits per heavy atom. The van der Waals surface area contributed by atoms with E-state index in [9.17, 15) is 4.79 Å². The van der Waals surface area contributed by atoms with Crippen LogP contribution in [0.1, 0.15) is 25.7 Å². The first-order valence-corrected chi connectivity index (χ1v) is 6.28. The summed E-state index contributed by atoms with van der Waals surface area (Å²) in [5.74, 6) is 0.722. The Bertz CT molecular complexity index is 544. The number of Topliss-reactive ketones (excluding diaryl/α,β-unsaturated/α-hetero) is 1. The molecule has 1 aromatic carbocycles. The van der Waals surface area contributed by atoms with Crippen LogP contribution in [0.2, 0.25) is 0 Å². The molecule has 3 heteroatoms. The van der Waals surface area contributed by atoms with Crippen molar-refractivity contribution in [1.29, 1.82) is 0 Å². The molecular weight excluding hydrogens is 212 g/mol. The van der Waals surface area contributed by atoms with Crippen molar-refractivity contribution in [1.82, 2.24) is 9.78 Å². The number of fused-ring (bicyclic) bond motifs is 1. The van der Waals surface area contributed by atoms with Gasteiger partial charge in [0.25, 0.3) is 0 Å². The second-order valence-electron chi connectivity index (χ2n) is 4.77. The van der Waals surface area contributed by atoms with Gasteiger partial charge in [0, 0.05) is 24.3 Å². The number of benzene rings is 1. The van der Waals surface area contributed by atoms with Gasteiger partial charge in [0.15, 0.2) is 0 Å². The predicted octanol–water partition coefficient (Wildman–Crippen LogP) is 2.80. The Labute approximate surface area is 100 Å². The van der Waals surface area contributed by atoms with Gasteiger partial charge in [0.1, 0.15) is 5.78 Å². The van der Waals surface area contributed by atoms with Gasteiger partial charge in [-0.1, -0.05) is 18.2 Å². The zero-order valence-electron chi connectivity index (χ0n) is 9.80. The monoisotopic (exact) mass is 228 g/mol. The van der Waals surface area contributed by atoms with E-state index in [1.54, 1.807) is 0 Å². The summed E-state index contributed by atoms with van der Waals surface area (Å²) in [4.78, 5) is 11.6. The highest BCUT2D eigenvalue weighted by Gasteiger charge is 2.23. The predicted molar refractivity (Wildman–Crippen MR) is 66.7 cm³/mol. The summed E-state index contributed by atoms with van der Waals surface area (Å²) in [7, 11) is 0. The Kier molecular flexibility index (Phi) is 2.67. The molecule has 0 N–H and O–H groups in total. The fourth-order valence-corrected chi connectivity index (χ4v) is 2.68. The number of nitrogens with zero attached hydrogens (tertiary/aromatic N) is 2. The zero-order chi connectivity index (χ0) is 11.7. The molecule has 0 saturated heterocycles. The van der Waals surface area contributed by atoms with E-state index in [1.165, 1.54) is 5.39 Å². The molecule has 1 saturated carbocycles. The van der Waals surface area contributed by atoms with Gasteiger partial charge in [-0.2, -0.15) is 5.10 Å². The van der Waals surface area contributed by atoms with Gasteiger partial charge in [-0.3, -0.25) is 9.48 Å². The summed E-state index contributed by atoms with van der Waals surface area (Å²) >= 11 is 0. The van der Waals surface area contributed by atoms with Crippen LogP contribution in [0, 0.1) is 5.92 Å². The van der Waals surface area contributed by atoms with Gasteiger partial charge in [-0.15, -0.1) is 0 Å². The molecule has 0 radical (unpaired) electrons. The molecule has 2 aromatic rings. The average molecular weight is 228 g/mol. The highest BCUT2D eigenvalue weighted by atomic mass is 16.1. The molecule has 0 amide bonds. The zero-order valence-corrected chi connectivity index (χ0v) is 9.80. The summed E-state index contributed by atoms with van der Waals surface area (Å²) in [5.41, 5.74) is 1.16. The van der Waals surface area contributed by atoms with Crippen LogP contribution in [0.5, 0.6) is 0 Å². The summed E-state index contributed by atoms with van der Waals surface area (Å²) in [6, 6.07) is 8.20. The van der Waals surface area contributed by atoms with Gasteiger partial charge in [-0.05, 0) is 25.3 Å². The minimum absolute atomic E-state index is 0.276. The van der Waals surface area contributed by atoms with Crippen LogP contribution in [0.25, 0.3) is 10.9 Å².